The molecule has 7 heteroatoms. The summed E-state index contributed by atoms with van der Waals surface area (Å²) in [6, 6.07) is 5.68. The summed E-state index contributed by atoms with van der Waals surface area (Å²) in [7, 11) is 1.80. The monoisotopic (exact) mass is 332 g/mol. The molecule has 0 spiro atoms. The highest BCUT2D eigenvalue weighted by Gasteiger charge is 2.32. The smallest absolute Gasteiger partial charge is 0.250 e. The molecule has 0 radical (unpaired) electrons. The molecule has 1 fully saturated rings. The Morgan fingerprint density at radius 2 is 2.29 bits per heavy atom. The fourth-order valence-electron chi connectivity index (χ4n) is 2.95. The van der Waals surface area contributed by atoms with Crippen LogP contribution in [0.2, 0.25) is 0 Å². The molecule has 3 rings (SSSR count). The van der Waals surface area contributed by atoms with Gasteiger partial charge in [-0.3, -0.25) is 4.79 Å². The predicted octanol–water partition coefficient (Wildman–Crippen LogP) is 1.27. The molecule has 128 valence electrons. The summed E-state index contributed by atoms with van der Waals surface area (Å²) in [6.45, 7) is 0.389. The minimum Gasteiger partial charge on any atom is -0.364 e. The zero-order chi connectivity index (χ0) is 17.1. The second-order valence-electron chi connectivity index (χ2n) is 5.92. The van der Waals surface area contributed by atoms with Crippen molar-refractivity contribution in [3.8, 4) is 0 Å². The normalized spacial score (nSPS) is 21.6. The van der Waals surface area contributed by atoms with Gasteiger partial charge >= 0.3 is 0 Å². The van der Waals surface area contributed by atoms with Crippen LogP contribution in [0.15, 0.2) is 36.7 Å². The maximum absolute atomic E-state index is 14.3. The standard InChI is InChI=1S/C17H21FN4O2/c1-22-9-8-20-16(22)15(12-4-2-3-5-13(12)18)21-17(23)14-7-6-11(10-19)24-14/h2-5,8-9,11,14-15H,6-7,10,19H2,1H3,(H,21,23)/t11-,14+,15?/m1/s1. The first kappa shape index (κ1) is 16.6. The largest absolute Gasteiger partial charge is 0.364 e. The second kappa shape index (κ2) is 7.11. The minimum atomic E-state index is -0.681. The quantitative estimate of drug-likeness (QED) is 0.864. The van der Waals surface area contributed by atoms with Crippen molar-refractivity contribution in [2.24, 2.45) is 12.8 Å². The summed E-state index contributed by atoms with van der Waals surface area (Å²) in [4.78, 5) is 16.8. The molecule has 1 aliphatic heterocycles. The van der Waals surface area contributed by atoms with E-state index < -0.39 is 18.0 Å². The van der Waals surface area contributed by atoms with Crippen LogP contribution in [-0.2, 0) is 16.6 Å². The average molecular weight is 332 g/mol. The molecule has 1 aliphatic rings. The van der Waals surface area contributed by atoms with E-state index in [-0.39, 0.29) is 12.0 Å². The molecule has 1 aromatic heterocycles. The lowest BCUT2D eigenvalue weighted by Crippen LogP contribution is -2.39. The van der Waals surface area contributed by atoms with Crippen LogP contribution < -0.4 is 11.1 Å². The highest BCUT2D eigenvalue weighted by Crippen LogP contribution is 2.25. The third kappa shape index (κ3) is 3.32. The van der Waals surface area contributed by atoms with Gasteiger partial charge in [-0.25, -0.2) is 9.37 Å². The van der Waals surface area contributed by atoms with E-state index >= 15 is 0 Å². The number of carbonyl (C=O) groups excluding carboxylic acids is 1. The Morgan fingerprint density at radius 3 is 2.92 bits per heavy atom. The van der Waals surface area contributed by atoms with Crippen molar-refractivity contribution in [2.75, 3.05) is 6.54 Å². The van der Waals surface area contributed by atoms with Crippen molar-refractivity contribution in [2.45, 2.75) is 31.1 Å². The Kier molecular flexibility index (Phi) is 4.92. The number of rotatable bonds is 5. The van der Waals surface area contributed by atoms with Crippen LogP contribution in [0.3, 0.4) is 0 Å². The Morgan fingerprint density at radius 1 is 1.50 bits per heavy atom. The third-order valence-corrected chi connectivity index (χ3v) is 4.28. The number of aromatic nitrogens is 2. The first-order valence-corrected chi connectivity index (χ1v) is 7.97. The molecule has 3 atom stereocenters. The molecule has 3 N–H and O–H groups in total. The van der Waals surface area contributed by atoms with Gasteiger partial charge in [-0.2, -0.15) is 0 Å². The van der Waals surface area contributed by atoms with Crippen LogP contribution in [0.4, 0.5) is 4.39 Å². The van der Waals surface area contributed by atoms with Crippen molar-refractivity contribution in [1.29, 1.82) is 0 Å². The maximum Gasteiger partial charge on any atom is 0.250 e. The number of carbonyl (C=O) groups is 1. The van der Waals surface area contributed by atoms with Crippen LogP contribution >= 0.6 is 0 Å². The summed E-state index contributed by atoms with van der Waals surface area (Å²) < 4.78 is 21.7. The fourth-order valence-corrected chi connectivity index (χ4v) is 2.95. The Labute approximate surface area is 139 Å². The number of nitrogens with one attached hydrogen (secondary N) is 1. The summed E-state index contributed by atoms with van der Waals surface area (Å²) >= 11 is 0. The maximum atomic E-state index is 14.3. The van der Waals surface area contributed by atoms with Gasteiger partial charge < -0.3 is 20.4 Å². The Balaban J connectivity index is 1.85. The highest BCUT2D eigenvalue weighted by atomic mass is 19.1. The van der Waals surface area contributed by atoms with Crippen LogP contribution in [0.25, 0.3) is 0 Å². The van der Waals surface area contributed by atoms with Crippen molar-refractivity contribution in [1.82, 2.24) is 14.9 Å². The average Bonchev–Trinajstić information content (AvgIpc) is 3.22. The van der Waals surface area contributed by atoms with Gasteiger partial charge in [0.25, 0.3) is 0 Å². The van der Waals surface area contributed by atoms with Gasteiger partial charge in [-0.05, 0) is 18.9 Å². The van der Waals surface area contributed by atoms with E-state index in [1.807, 2.05) is 0 Å². The predicted molar refractivity (Wildman–Crippen MR) is 86.5 cm³/mol. The van der Waals surface area contributed by atoms with Gasteiger partial charge in [-0.1, -0.05) is 18.2 Å². The van der Waals surface area contributed by atoms with Gasteiger partial charge in [-0.15, -0.1) is 0 Å². The molecule has 1 aromatic carbocycles. The number of nitrogens with two attached hydrogens (primary N) is 1. The van der Waals surface area contributed by atoms with E-state index in [9.17, 15) is 9.18 Å². The number of hydrogen-bond donors (Lipinski definition) is 2. The summed E-state index contributed by atoms with van der Waals surface area (Å²) in [5.74, 6) is -0.109. The number of amides is 1. The molecule has 1 unspecified atom stereocenters. The lowest BCUT2D eigenvalue weighted by atomic mass is 10.0. The van der Waals surface area contributed by atoms with Crippen LogP contribution in [-0.4, -0.2) is 34.2 Å². The Hall–Kier alpha value is -2.25. The molecular weight excluding hydrogens is 311 g/mol. The van der Waals surface area contributed by atoms with E-state index in [1.54, 1.807) is 42.2 Å². The lowest BCUT2D eigenvalue weighted by molar-refractivity contribution is -0.132. The van der Waals surface area contributed by atoms with Crippen LogP contribution in [0, 0.1) is 5.82 Å². The van der Waals surface area contributed by atoms with E-state index in [1.165, 1.54) is 6.07 Å². The summed E-state index contributed by atoms with van der Waals surface area (Å²) in [6.07, 6.45) is 4.08. The molecule has 24 heavy (non-hydrogen) atoms. The van der Waals surface area contributed by atoms with Gasteiger partial charge in [0.1, 0.15) is 23.8 Å². The van der Waals surface area contributed by atoms with E-state index in [0.29, 0.717) is 24.4 Å². The van der Waals surface area contributed by atoms with Crippen molar-refractivity contribution >= 4 is 5.91 Å². The number of benzene rings is 1. The number of imidazole rings is 1. The molecule has 2 heterocycles. The van der Waals surface area contributed by atoms with Gasteiger partial charge in [0, 0.05) is 31.5 Å². The number of hydrogen-bond acceptors (Lipinski definition) is 4. The fraction of sp³-hybridized carbons (Fsp3) is 0.412. The first-order valence-electron chi connectivity index (χ1n) is 7.97. The van der Waals surface area contributed by atoms with E-state index in [2.05, 4.69) is 10.3 Å². The van der Waals surface area contributed by atoms with Crippen molar-refractivity contribution in [3.05, 3.63) is 53.9 Å². The third-order valence-electron chi connectivity index (χ3n) is 4.28. The number of ether oxygens (including phenoxy) is 1. The van der Waals surface area contributed by atoms with E-state index in [4.69, 9.17) is 10.5 Å². The van der Waals surface area contributed by atoms with E-state index in [0.717, 1.165) is 6.42 Å². The van der Waals surface area contributed by atoms with Crippen molar-refractivity contribution < 1.29 is 13.9 Å². The molecule has 1 amide bonds. The molecule has 2 aromatic rings. The summed E-state index contributed by atoms with van der Waals surface area (Å²) in [5.41, 5.74) is 5.95. The number of halogens is 1. The SMILES string of the molecule is Cn1ccnc1C(NC(=O)[C@@H]1CC[C@H](CN)O1)c1ccccc1F. The second-order valence-corrected chi connectivity index (χ2v) is 5.92. The topological polar surface area (TPSA) is 82.2 Å². The molecule has 0 bridgehead atoms. The van der Waals surface area contributed by atoms with Crippen LogP contribution in [0.1, 0.15) is 30.3 Å². The van der Waals surface area contributed by atoms with Gasteiger partial charge in [0.05, 0.1) is 6.10 Å². The molecular formula is C17H21FN4O2. The molecule has 6 nitrogen and oxygen atoms in total. The highest BCUT2D eigenvalue weighted by molar-refractivity contribution is 5.81. The molecule has 0 aliphatic carbocycles. The van der Waals surface area contributed by atoms with Crippen LogP contribution in [0.5, 0.6) is 0 Å². The Bertz CT molecular complexity index is 718. The summed E-state index contributed by atoms with van der Waals surface area (Å²) in [5, 5.41) is 2.88. The van der Waals surface area contributed by atoms with Gasteiger partial charge in [0.2, 0.25) is 5.91 Å². The first-order chi connectivity index (χ1) is 11.6. The van der Waals surface area contributed by atoms with Crippen molar-refractivity contribution in [3.63, 3.8) is 0 Å². The van der Waals surface area contributed by atoms with Gasteiger partial charge in [0.15, 0.2) is 0 Å². The number of nitrogens with zero attached hydrogens (tertiary/aromatic N) is 2. The lowest BCUT2D eigenvalue weighted by Gasteiger charge is -2.21. The number of aryl methyl sites for hydroxylation is 1. The zero-order valence-corrected chi connectivity index (χ0v) is 13.5. The molecule has 0 saturated carbocycles. The molecule has 1 saturated heterocycles. The minimum absolute atomic E-state index is 0.0965. The zero-order valence-electron chi connectivity index (χ0n) is 13.5.